The molecule has 42 heavy (non-hydrogen) atoms. The smallest absolute Gasteiger partial charge is 0.295 e. The topological polar surface area (TPSA) is 76.1 Å². The summed E-state index contributed by atoms with van der Waals surface area (Å²) < 4.78 is 10.9. The van der Waals surface area contributed by atoms with E-state index in [9.17, 15) is 14.7 Å². The van der Waals surface area contributed by atoms with Crippen molar-refractivity contribution in [1.29, 1.82) is 0 Å². The minimum absolute atomic E-state index is 0.112. The van der Waals surface area contributed by atoms with Crippen molar-refractivity contribution in [2.24, 2.45) is 0 Å². The molecule has 1 atom stereocenters. The minimum Gasteiger partial charge on any atom is -0.507 e. The third kappa shape index (κ3) is 9.11. The van der Waals surface area contributed by atoms with Crippen molar-refractivity contribution in [2.45, 2.75) is 110 Å². The van der Waals surface area contributed by atoms with E-state index in [4.69, 9.17) is 9.47 Å². The van der Waals surface area contributed by atoms with Crippen molar-refractivity contribution in [3.63, 3.8) is 0 Å². The monoisotopic (exact) mass is 577 g/mol. The second-order valence-corrected chi connectivity index (χ2v) is 11.6. The van der Waals surface area contributed by atoms with Gasteiger partial charge in [-0.05, 0) is 31.0 Å². The molecule has 3 rings (SSSR count). The first-order chi connectivity index (χ1) is 20.4. The SMILES string of the molecule is CCCCCCCCCCCCCCCCN1C(=O)C(=O)C(=C(O)c2ccc(C)cc2)C1c1ccc(OC)c(OC)c1. The first kappa shape index (κ1) is 33.2. The first-order valence-corrected chi connectivity index (χ1v) is 16.0. The number of amides is 1. The molecule has 0 radical (unpaired) electrons. The highest BCUT2D eigenvalue weighted by Crippen LogP contribution is 2.42. The number of methoxy groups -OCH3 is 2. The summed E-state index contributed by atoms with van der Waals surface area (Å²) in [5, 5.41) is 11.3. The number of Topliss-reactive ketones (excluding diaryl/α,β-unsaturated/α-hetero) is 1. The standard InChI is InChI=1S/C36H51NO5/c1-5-6-7-8-9-10-11-12-13-14-15-16-17-18-25-37-33(29-23-24-30(41-3)31(26-29)42-4)32(35(39)36(37)40)34(38)28-21-19-27(2)20-22-28/h19-24,26,33,38H,5-18,25H2,1-4H3. The lowest BCUT2D eigenvalue weighted by atomic mass is 9.94. The molecule has 0 spiro atoms. The van der Waals surface area contributed by atoms with Gasteiger partial charge in [0.2, 0.25) is 0 Å². The molecular weight excluding hydrogens is 526 g/mol. The molecule has 0 saturated carbocycles. The van der Waals surface area contributed by atoms with Crippen molar-refractivity contribution < 1.29 is 24.2 Å². The van der Waals surface area contributed by atoms with Crippen LogP contribution < -0.4 is 9.47 Å². The van der Waals surface area contributed by atoms with Gasteiger partial charge in [0.1, 0.15) is 5.76 Å². The normalized spacial score (nSPS) is 16.3. The van der Waals surface area contributed by atoms with Crippen molar-refractivity contribution in [3.8, 4) is 11.5 Å². The number of carbonyl (C=O) groups excluding carboxylic acids is 2. The Morgan fingerprint density at radius 2 is 1.26 bits per heavy atom. The van der Waals surface area contributed by atoms with E-state index in [0.717, 1.165) is 24.8 Å². The zero-order valence-electron chi connectivity index (χ0n) is 26.3. The molecule has 6 nitrogen and oxygen atoms in total. The van der Waals surface area contributed by atoms with E-state index < -0.39 is 17.7 Å². The first-order valence-electron chi connectivity index (χ1n) is 16.0. The number of likely N-dealkylation sites (tertiary alicyclic amines) is 1. The molecule has 2 aromatic rings. The quantitative estimate of drug-likeness (QED) is 0.0781. The Balaban J connectivity index is 1.62. The Labute approximate surface area is 253 Å². The second kappa shape index (κ2) is 17.6. The van der Waals surface area contributed by atoms with Gasteiger partial charge in [0.05, 0.1) is 25.8 Å². The fourth-order valence-electron chi connectivity index (χ4n) is 5.82. The highest BCUT2D eigenvalue weighted by molar-refractivity contribution is 6.46. The Hall–Kier alpha value is -3.28. The molecule has 1 heterocycles. The van der Waals surface area contributed by atoms with Crippen LogP contribution >= 0.6 is 0 Å². The number of hydrogen-bond acceptors (Lipinski definition) is 5. The maximum atomic E-state index is 13.3. The van der Waals surface area contributed by atoms with Gasteiger partial charge >= 0.3 is 0 Å². The lowest BCUT2D eigenvalue weighted by molar-refractivity contribution is -0.139. The number of benzene rings is 2. The van der Waals surface area contributed by atoms with Crippen LogP contribution in [0, 0.1) is 6.92 Å². The van der Waals surface area contributed by atoms with Crippen LogP contribution in [0.1, 0.15) is 120 Å². The third-order valence-corrected chi connectivity index (χ3v) is 8.34. The molecule has 1 fully saturated rings. The van der Waals surface area contributed by atoms with Crippen LogP contribution in [0.15, 0.2) is 48.0 Å². The summed E-state index contributed by atoms with van der Waals surface area (Å²) in [5.41, 5.74) is 2.37. The summed E-state index contributed by atoms with van der Waals surface area (Å²) in [7, 11) is 3.12. The molecule has 1 saturated heterocycles. The number of nitrogens with zero attached hydrogens (tertiary/aromatic N) is 1. The number of aryl methyl sites for hydroxylation is 1. The van der Waals surface area contributed by atoms with Gasteiger partial charge in [-0.15, -0.1) is 0 Å². The number of ketones is 1. The second-order valence-electron chi connectivity index (χ2n) is 11.6. The van der Waals surface area contributed by atoms with E-state index in [2.05, 4.69) is 6.92 Å². The van der Waals surface area contributed by atoms with Crippen molar-refractivity contribution in [2.75, 3.05) is 20.8 Å². The Bertz CT molecular complexity index is 1170. The van der Waals surface area contributed by atoms with Crippen molar-refractivity contribution >= 4 is 17.4 Å². The molecule has 1 amide bonds. The highest BCUT2D eigenvalue weighted by atomic mass is 16.5. The molecule has 0 aromatic heterocycles. The molecule has 1 aliphatic heterocycles. The van der Waals surface area contributed by atoms with Crippen molar-refractivity contribution in [1.82, 2.24) is 4.90 Å². The van der Waals surface area contributed by atoms with Crippen LogP contribution in [0.2, 0.25) is 0 Å². The molecule has 230 valence electrons. The average Bonchev–Trinajstić information content (AvgIpc) is 3.25. The Morgan fingerprint density at radius 3 is 1.79 bits per heavy atom. The number of carbonyl (C=O) groups is 2. The van der Waals surface area contributed by atoms with Crippen LogP contribution in [0.25, 0.3) is 5.76 Å². The summed E-state index contributed by atoms with van der Waals surface area (Å²) in [6.45, 7) is 4.67. The zero-order chi connectivity index (χ0) is 30.3. The summed E-state index contributed by atoms with van der Waals surface area (Å²) >= 11 is 0. The molecule has 1 unspecified atom stereocenters. The van der Waals surface area contributed by atoms with Gasteiger partial charge in [0.15, 0.2) is 11.5 Å². The maximum absolute atomic E-state index is 13.3. The number of aliphatic hydroxyl groups is 1. The van der Waals surface area contributed by atoms with E-state index in [1.165, 1.54) is 70.6 Å². The molecule has 0 aliphatic carbocycles. The largest absolute Gasteiger partial charge is 0.507 e. The van der Waals surface area contributed by atoms with Gasteiger partial charge in [-0.25, -0.2) is 0 Å². The predicted octanol–water partition coefficient (Wildman–Crippen LogP) is 8.92. The number of rotatable bonds is 19. The zero-order valence-corrected chi connectivity index (χ0v) is 26.3. The Kier molecular flexibility index (Phi) is 13.9. The van der Waals surface area contributed by atoms with Gasteiger partial charge in [-0.3, -0.25) is 9.59 Å². The average molecular weight is 578 g/mol. The molecular formula is C36H51NO5. The minimum atomic E-state index is -0.701. The van der Waals surface area contributed by atoms with E-state index >= 15 is 0 Å². The van der Waals surface area contributed by atoms with Crippen LogP contribution in [0.4, 0.5) is 0 Å². The Morgan fingerprint density at radius 1 is 0.738 bits per heavy atom. The lowest BCUT2D eigenvalue weighted by Crippen LogP contribution is -2.30. The van der Waals surface area contributed by atoms with E-state index in [1.54, 1.807) is 43.4 Å². The lowest BCUT2D eigenvalue weighted by Gasteiger charge is -2.26. The molecule has 1 aliphatic rings. The van der Waals surface area contributed by atoms with Gasteiger partial charge in [0, 0.05) is 12.1 Å². The molecule has 2 aromatic carbocycles. The fourth-order valence-corrected chi connectivity index (χ4v) is 5.82. The van der Waals surface area contributed by atoms with Crippen LogP contribution in [0.5, 0.6) is 11.5 Å². The number of ether oxygens (including phenoxy) is 2. The predicted molar refractivity (Wildman–Crippen MR) is 170 cm³/mol. The molecule has 1 N–H and O–H groups in total. The molecule has 6 heteroatoms. The molecule has 0 bridgehead atoms. The summed E-state index contributed by atoms with van der Waals surface area (Å²) in [5.74, 6) is -0.316. The van der Waals surface area contributed by atoms with Gasteiger partial charge < -0.3 is 19.5 Å². The number of hydrogen-bond donors (Lipinski definition) is 1. The summed E-state index contributed by atoms with van der Waals surface area (Å²) in [6.07, 6.45) is 17.5. The number of unbranched alkanes of at least 4 members (excludes halogenated alkanes) is 13. The summed E-state index contributed by atoms with van der Waals surface area (Å²) in [6, 6.07) is 12.0. The maximum Gasteiger partial charge on any atom is 0.295 e. The summed E-state index contributed by atoms with van der Waals surface area (Å²) in [4.78, 5) is 28.3. The van der Waals surface area contributed by atoms with E-state index in [-0.39, 0.29) is 11.3 Å². The van der Waals surface area contributed by atoms with E-state index in [0.29, 0.717) is 29.2 Å². The van der Waals surface area contributed by atoms with Crippen LogP contribution in [-0.4, -0.2) is 42.5 Å². The van der Waals surface area contributed by atoms with Crippen LogP contribution in [-0.2, 0) is 9.59 Å². The van der Waals surface area contributed by atoms with Crippen LogP contribution in [0.3, 0.4) is 0 Å². The van der Waals surface area contributed by atoms with Gasteiger partial charge in [-0.1, -0.05) is 126 Å². The van der Waals surface area contributed by atoms with Crippen molar-refractivity contribution in [3.05, 3.63) is 64.7 Å². The van der Waals surface area contributed by atoms with Gasteiger partial charge in [-0.2, -0.15) is 0 Å². The highest BCUT2D eigenvalue weighted by Gasteiger charge is 2.46. The van der Waals surface area contributed by atoms with E-state index in [1.807, 2.05) is 25.1 Å². The van der Waals surface area contributed by atoms with Gasteiger partial charge in [0.25, 0.3) is 11.7 Å². The third-order valence-electron chi connectivity index (χ3n) is 8.34. The number of aliphatic hydroxyl groups excluding tert-OH is 1. The fraction of sp³-hybridized carbons (Fsp3) is 0.556.